The van der Waals surface area contributed by atoms with E-state index in [2.05, 4.69) is 44.5 Å². The molecule has 0 unspecified atom stereocenters. The SMILES string of the molecule is CN=C(NCc1ccc(OC)nc1)N1CCc2ccccc2C1. The molecule has 1 aliphatic heterocycles. The highest BCUT2D eigenvalue weighted by Crippen LogP contribution is 2.18. The molecule has 1 aliphatic rings. The van der Waals surface area contributed by atoms with Crippen LogP contribution in [0.2, 0.25) is 0 Å². The van der Waals surface area contributed by atoms with Crippen LogP contribution in [0.3, 0.4) is 0 Å². The molecule has 2 heterocycles. The first-order valence-electron chi connectivity index (χ1n) is 7.81. The lowest BCUT2D eigenvalue weighted by molar-refractivity contribution is 0.378. The lowest BCUT2D eigenvalue weighted by Crippen LogP contribution is -2.43. The Balaban J connectivity index is 1.62. The van der Waals surface area contributed by atoms with E-state index < -0.39 is 0 Å². The molecule has 1 N–H and O–H groups in total. The Bertz CT molecular complexity index is 682. The minimum absolute atomic E-state index is 0.630. The number of rotatable bonds is 3. The second-order valence-electron chi connectivity index (χ2n) is 5.55. The Kier molecular flexibility index (Phi) is 4.76. The summed E-state index contributed by atoms with van der Waals surface area (Å²) in [6.45, 7) is 2.58. The highest BCUT2D eigenvalue weighted by molar-refractivity contribution is 5.80. The van der Waals surface area contributed by atoms with Crippen molar-refractivity contribution < 1.29 is 4.74 Å². The van der Waals surface area contributed by atoms with Crippen molar-refractivity contribution in [1.82, 2.24) is 15.2 Å². The number of nitrogens with one attached hydrogen (secondary N) is 1. The zero-order valence-electron chi connectivity index (χ0n) is 13.6. The van der Waals surface area contributed by atoms with Crippen molar-refractivity contribution >= 4 is 5.96 Å². The number of fused-ring (bicyclic) bond motifs is 1. The van der Waals surface area contributed by atoms with Gasteiger partial charge in [-0.25, -0.2) is 4.98 Å². The van der Waals surface area contributed by atoms with E-state index in [-0.39, 0.29) is 0 Å². The number of benzene rings is 1. The topological polar surface area (TPSA) is 49.8 Å². The number of ether oxygens (including phenoxy) is 1. The summed E-state index contributed by atoms with van der Waals surface area (Å²) in [5, 5.41) is 3.42. The van der Waals surface area contributed by atoms with E-state index in [1.165, 1.54) is 11.1 Å². The molecule has 0 saturated heterocycles. The summed E-state index contributed by atoms with van der Waals surface area (Å²) in [5.41, 5.74) is 3.93. The summed E-state index contributed by atoms with van der Waals surface area (Å²) in [5.74, 6) is 1.56. The van der Waals surface area contributed by atoms with Gasteiger partial charge in [-0.05, 0) is 23.1 Å². The van der Waals surface area contributed by atoms with Crippen LogP contribution in [0.15, 0.2) is 47.6 Å². The van der Waals surface area contributed by atoms with Crippen molar-refractivity contribution in [3.63, 3.8) is 0 Å². The van der Waals surface area contributed by atoms with Gasteiger partial charge in [-0.15, -0.1) is 0 Å². The largest absolute Gasteiger partial charge is 0.481 e. The van der Waals surface area contributed by atoms with Crippen molar-refractivity contribution in [2.75, 3.05) is 20.7 Å². The van der Waals surface area contributed by atoms with E-state index in [1.807, 2.05) is 25.4 Å². The summed E-state index contributed by atoms with van der Waals surface area (Å²) >= 11 is 0. The van der Waals surface area contributed by atoms with Crippen molar-refractivity contribution in [2.24, 2.45) is 4.99 Å². The van der Waals surface area contributed by atoms with Gasteiger partial charge in [-0.2, -0.15) is 0 Å². The minimum Gasteiger partial charge on any atom is -0.481 e. The fraction of sp³-hybridized carbons (Fsp3) is 0.333. The Morgan fingerprint density at radius 3 is 2.78 bits per heavy atom. The normalized spacial score (nSPS) is 14.3. The quantitative estimate of drug-likeness (QED) is 0.698. The van der Waals surface area contributed by atoms with Crippen LogP contribution in [0.1, 0.15) is 16.7 Å². The first kappa shape index (κ1) is 15.3. The summed E-state index contributed by atoms with van der Waals surface area (Å²) in [4.78, 5) is 10.9. The van der Waals surface area contributed by atoms with Crippen molar-refractivity contribution in [3.8, 4) is 5.88 Å². The van der Waals surface area contributed by atoms with E-state index in [0.29, 0.717) is 12.4 Å². The standard InChI is InChI=1S/C18H22N4O/c1-19-18(21-12-14-7-8-17(23-2)20-11-14)22-10-9-15-5-3-4-6-16(15)13-22/h3-8,11H,9-10,12-13H2,1-2H3,(H,19,21). The number of nitrogens with zero attached hydrogens (tertiary/aromatic N) is 3. The van der Waals surface area contributed by atoms with Gasteiger partial charge in [0.2, 0.25) is 5.88 Å². The Morgan fingerprint density at radius 2 is 2.09 bits per heavy atom. The van der Waals surface area contributed by atoms with Crippen molar-refractivity contribution in [1.29, 1.82) is 0 Å². The van der Waals surface area contributed by atoms with Gasteiger partial charge in [-0.1, -0.05) is 30.3 Å². The van der Waals surface area contributed by atoms with Gasteiger partial charge >= 0.3 is 0 Å². The average Bonchev–Trinajstić information content (AvgIpc) is 2.62. The van der Waals surface area contributed by atoms with E-state index in [9.17, 15) is 0 Å². The fourth-order valence-corrected chi connectivity index (χ4v) is 2.83. The zero-order valence-corrected chi connectivity index (χ0v) is 13.6. The molecule has 23 heavy (non-hydrogen) atoms. The van der Waals surface area contributed by atoms with Gasteiger partial charge < -0.3 is 15.0 Å². The van der Waals surface area contributed by atoms with Crippen LogP contribution < -0.4 is 10.1 Å². The molecular formula is C18H22N4O. The molecule has 120 valence electrons. The first-order chi connectivity index (χ1) is 11.3. The molecular weight excluding hydrogens is 288 g/mol. The predicted molar refractivity (Wildman–Crippen MR) is 91.5 cm³/mol. The van der Waals surface area contributed by atoms with Gasteiger partial charge in [0, 0.05) is 38.9 Å². The molecule has 1 aromatic carbocycles. The highest BCUT2D eigenvalue weighted by Gasteiger charge is 2.18. The molecule has 0 bridgehead atoms. The van der Waals surface area contributed by atoms with Crippen LogP contribution in [-0.4, -0.2) is 36.5 Å². The molecule has 3 rings (SSSR count). The third-order valence-electron chi connectivity index (χ3n) is 4.10. The number of guanidine groups is 1. The zero-order chi connectivity index (χ0) is 16.1. The van der Waals surface area contributed by atoms with Gasteiger partial charge in [-0.3, -0.25) is 4.99 Å². The third kappa shape index (κ3) is 3.62. The summed E-state index contributed by atoms with van der Waals surface area (Å²) < 4.78 is 5.08. The highest BCUT2D eigenvalue weighted by atomic mass is 16.5. The number of hydrogen-bond donors (Lipinski definition) is 1. The van der Waals surface area contributed by atoms with Gasteiger partial charge in [0.05, 0.1) is 7.11 Å². The average molecular weight is 310 g/mol. The van der Waals surface area contributed by atoms with Gasteiger partial charge in [0.15, 0.2) is 5.96 Å². The summed E-state index contributed by atoms with van der Waals surface area (Å²) in [6.07, 6.45) is 2.88. The molecule has 0 atom stereocenters. The Hall–Kier alpha value is -2.56. The molecule has 0 amide bonds. The summed E-state index contributed by atoms with van der Waals surface area (Å²) in [7, 11) is 3.45. The van der Waals surface area contributed by atoms with Crippen LogP contribution in [0.25, 0.3) is 0 Å². The molecule has 2 aromatic rings. The van der Waals surface area contributed by atoms with Crippen molar-refractivity contribution in [3.05, 3.63) is 59.3 Å². The third-order valence-corrected chi connectivity index (χ3v) is 4.10. The maximum atomic E-state index is 5.08. The predicted octanol–water partition coefficient (Wildman–Crippen LogP) is 2.22. The number of aromatic nitrogens is 1. The number of pyridine rings is 1. The van der Waals surface area contributed by atoms with E-state index in [4.69, 9.17) is 4.74 Å². The Morgan fingerprint density at radius 1 is 1.26 bits per heavy atom. The van der Waals surface area contributed by atoms with Crippen LogP contribution in [0, 0.1) is 0 Å². The first-order valence-corrected chi connectivity index (χ1v) is 7.81. The molecule has 0 aliphatic carbocycles. The van der Waals surface area contributed by atoms with E-state index in [1.54, 1.807) is 7.11 Å². The number of aliphatic imine (C=N–C) groups is 1. The molecule has 5 nitrogen and oxygen atoms in total. The van der Waals surface area contributed by atoms with Crippen LogP contribution in [0.4, 0.5) is 0 Å². The maximum Gasteiger partial charge on any atom is 0.212 e. The van der Waals surface area contributed by atoms with Crippen LogP contribution >= 0.6 is 0 Å². The second kappa shape index (κ2) is 7.13. The van der Waals surface area contributed by atoms with E-state index >= 15 is 0 Å². The fourth-order valence-electron chi connectivity index (χ4n) is 2.83. The molecule has 5 heteroatoms. The molecule has 1 aromatic heterocycles. The number of hydrogen-bond acceptors (Lipinski definition) is 3. The molecule has 0 radical (unpaired) electrons. The minimum atomic E-state index is 0.630. The van der Waals surface area contributed by atoms with Crippen LogP contribution in [-0.2, 0) is 19.5 Å². The molecule has 0 fully saturated rings. The summed E-state index contributed by atoms with van der Waals surface area (Å²) in [6, 6.07) is 12.5. The lowest BCUT2D eigenvalue weighted by atomic mass is 10.0. The molecule has 0 saturated carbocycles. The van der Waals surface area contributed by atoms with Crippen molar-refractivity contribution in [2.45, 2.75) is 19.5 Å². The van der Waals surface area contributed by atoms with Crippen LogP contribution in [0.5, 0.6) is 5.88 Å². The lowest BCUT2D eigenvalue weighted by Gasteiger charge is -2.31. The monoisotopic (exact) mass is 310 g/mol. The Labute approximate surface area is 137 Å². The molecule has 0 spiro atoms. The van der Waals surface area contributed by atoms with Gasteiger partial charge in [0.25, 0.3) is 0 Å². The number of methoxy groups -OCH3 is 1. The maximum absolute atomic E-state index is 5.08. The van der Waals surface area contributed by atoms with E-state index in [0.717, 1.165) is 31.0 Å². The second-order valence-corrected chi connectivity index (χ2v) is 5.55. The van der Waals surface area contributed by atoms with Gasteiger partial charge in [0.1, 0.15) is 0 Å². The smallest absolute Gasteiger partial charge is 0.212 e.